The van der Waals surface area contributed by atoms with Gasteiger partial charge in [0.05, 0.1) is 7.11 Å². The zero-order valence-electron chi connectivity index (χ0n) is 10.9. The summed E-state index contributed by atoms with van der Waals surface area (Å²) in [6.45, 7) is 2.70. The first-order valence-electron chi connectivity index (χ1n) is 5.85. The summed E-state index contributed by atoms with van der Waals surface area (Å²) in [6.07, 6.45) is 1.10. The second-order valence-corrected chi connectivity index (χ2v) is 4.33. The maximum absolute atomic E-state index is 9.74. The van der Waals surface area contributed by atoms with Gasteiger partial charge in [0.1, 0.15) is 11.5 Å². The minimum atomic E-state index is 0.282. The topological polar surface area (TPSA) is 44.7 Å². The molecule has 2 N–H and O–H groups in total. The Hall–Kier alpha value is -1.26. The van der Waals surface area contributed by atoms with Crippen LogP contribution in [0.3, 0.4) is 0 Å². The van der Waals surface area contributed by atoms with E-state index in [4.69, 9.17) is 4.74 Å². The van der Waals surface area contributed by atoms with Crippen molar-refractivity contribution >= 4 is 0 Å². The Morgan fingerprint density at radius 2 is 2.12 bits per heavy atom. The molecule has 1 rings (SSSR count). The molecule has 0 unspecified atom stereocenters. The van der Waals surface area contributed by atoms with Crippen molar-refractivity contribution in [3.63, 3.8) is 0 Å². The maximum atomic E-state index is 9.74. The van der Waals surface area contributed by atoms with Crippen LogP contribution in [0.15, 0.2) is 18.2 Å². The van der Waals surface area contributed by atoms with E-state index in [1.807, 2.05) is 12.1 Å². The van der Waals surface area contributed by atoms with Crippen LogP contribution in [0.25, 0.3) is 0 Å². The van der Waals surface area contributed by atoms with Gasteiger partial charge >= 0.3 is 0 Å². The lowest BCUT2D eigenvalue weighted by Gasteiger charge is -2.11. The first kappa shape index (κ1) is 13.8. The SMILES string of the molecule is COc1ccc(CNCCCN(C)C)c(O)c1. The van der Waals surface area contributed by atoms with Crippen LogP contribution in [-0.4, -0.2) is 44.3 Å². The van der Waals surface area contributed by atoms with E-state index in [1.165, 1.54) is 0 Å². The van der Waals surface area contributed by atoms with E-state index in [-0.39, 0.29) is 5.75 Å². The molecule has 1 aromatic rings. The molecule has 0 bridgehead atoms. The molecule has 0 aliphatic carbocycles. The Labute approximate surface area is 103 Å². The molecule has 0 aliphatic rings. The predicted molar refractivity (Wildman–Crippen MR) is 69.5 cm³/mol. The Kier molecular flexibility index (Phi) is 5.80. The molecule has 0 aliphatic heterocycles. The number of hydrogen-bond acceptors (Lipinski definition) is 4. The van der Waals surface area contributed by atoms with Crippen LogP contribution >= 0.6 is 0 Å². The maximum Gasteiger partial charge on any atom is 0.123 e. The van der Waals surface area contributed by atoms with Crippen LogP contribution < -0.4 is 10.1 Å². The van der Waals surface area contributed by atoms with Gasteiger partial charge in [-0.3, -0.25) is 0 Å². The summed E-state index contributed by atoms with van der Waals surface area (Å²) >= 11 is 0. The van der Waals surface area contributed by atoms with Gasteiger partial charge < -0.3 is 20.1 Å². The van der Waals surface area contributed by atoms with Crippen LogP contribution in [0.5, 0.6) is 11.5 Å². The lowest BCUT2D eigenvalue weighted by atomic mass is 10.2. The number of hydrogen-bond donors (Lipinski definition) is 2. The van der Waals surface area contributed by atoms with E-state index in [2.05, 4.69) is 24.3 Å². The molecule has 0 saturated heterocycles. The molecule has 0 radical (unpaired) electrons. The van der Waals surface area contributed by atoms with E-state index >= 15 is 0 Å². The van der Waals surface area contributed by atoms with Crippen molar-refractivity contribution in [1.82, 2.24) is 10.2 Å². The number of nitrogens with one attached hydrogen (secondary N) is 1. The fourth-order valence-corrected chi connectivity index (χ4v) is 1.56. The van der Waals surface area contributed by atoms with Crippen LogP contribution in [0, 0.1) is 0 Å². The van der Waals surface area contributed by atoms with Gasteiger partial charge in [-0.05, 0) is 39.7 Å². The lowest BCUT2D eigenvalue weighted by molar-refractivity contribution is 0.392. The van der Waals surface area contributed by atoms with Gasteiger partial charge in [-0.1, -0.05) is 6.07 Å². The molecule has 1 aromatic carbocycles. The van der Waals surface area contributed by atoms with Crippen molar-refractivity contribution < 1.29 is 9.84 Å². The summed E-state index contributed by atoms with van der Waals surface area (Å²) < 4.78 is 5.03. The number of nitrogens with zero attached hydrogens (tertiary/aromatic N) is 1. The van der Waals surface area contributed by atoms with Gasteiger partial charge in [0, 0.05) is 18.2 Å². The van der Waals surface area contributed by atoms with Crippen LogP contribution in [0.2, 0.25) is 0 Å². The van der Waals surface area contributed by atoms with Gasteiger partial charge in [-0.2, -0.15) is 0 Å². The van der Waals surface area contributed by atoms with Gasteiger partial charge in [-0.15, -0.1) is 0 Å². The number of benzene rings is 1. The number of rotatable bonds is 7. The first-order valence-corrected chi connectivity index (χ1v) is 5.85. The highest BCUT2D eigenvalue weighted by molar-refractivity contribution is 5.39. The average Bonchev–Trinajstić information content (AvgIpc) is 2.30. The average molecular weight is 238 g/mol. The van der Waals surface area contributed by atoms with E-state index in [1.54, 1.807) is 13.2 Å². The molecule has 0 heterocycles. The molecule has 0 atom stereocenters. The van der Waals surface area contributed by atoms with Crippen LogP contribution in [0.1, 0.15) is 12.0 Å². The fraction of sp³-hybridized carbons (Fsp3) is 0.538. The normalized spacial score (nSPS) is 10.8. The van der Waals surface area contributed by atoms with Crippen molar-refractivity contribution in [2.45, 2.75) is 13.0 Å². The fourth-order valence-electron chi connectivity index (χ4n) is 1.56. The Morgan fingerprint density at radius 1 is 1.35 bits per heavy atom. The Bertz CT molecular complexity index is 340. The third-order valence-corrected chi connectivity index (χ3v) is 2.57. The van der Waals surface area contributed by atoms with E-state index < -0.39 is 0 Å². The third kappa shape index (κ3) is 5.06. The largest absolute Gasteiger partial charge is 0.507 e. The number of aromatic hydroxyl groups is 1. The number of methoxy groups -OCH3 is 1. The van der Waals surface area contributed by atoms with E-state index in [0.29, 0.717) is 12.3 Å². The number of phenolic OH excluding ortho intramolecular Hbond substituents is 1. The summed E-state index contributed by atoms with van der Waals surface area (Å²) in [5.41, 5.74) is 0.899. The molecule has 96 valence electrons. The molecule has 0 fully saturated rings. The predicted octanol–water partition coefficient (Wildman–Crippen LogP) is 1.44. The van der Waals surface area contributed by atoms with Crippen molar-refractivity contribution in [2.75, 3.05) is 34.3 Å². The van der Waals surface area contributed by atoms with E-state index in [9.17, 15) is 5.11 Å². The molecule has 0 saturated carbocycles. The first-order chi connectivity index (χ1) is 8.13. The summed E-state index contributed by atoms with van der Waals surface area (Å²) in [4.78, 5) is 2.16. The van der Waals surface area contributed by atoms with Gasteiger partial charge in [0.25, 0.3) is 0 Å². The Balaban J connectivity index is 2.32. The summed E-state index contributed by atoms with van der Waals surface area (Å²) in [5.74, 6) is 0.961. The van der Waals surface area contributed by atoms with Crippen molar-refractivity contribution in [3.05, 3.63) is 23.8 Å². The number of phenols is 1. The third-order valence-electron chi connectivity index (χ3n) is 2.57. The zero-order valence-corrected chi connectivity index (χ0v) is 10.9. The zero-order chi connectivity index (χ0) is 12.7. The highest BCUT2D eigenvalue weighted by Crippen LogP contribution is 2.22. The smallest absolute Gasteiger partial charge is 0.123 e. The van der Waals surface area contributed by atoms with E-state index in [0.717, 1.165) is 25.1 Å². The molecule has 4 heteroatoms. The lowest BCUT2D eigenvalue weighted by Crippen LogP contribution is -2.21. The highest BCUT2D eigenvalue weighted by Gasteiger charge is 2.02. The minimum Gasteiger partial charge on any atom is -0.507 e. The van der Waals surface area contributed by atoms with Crippen LogP contribution in [0.4, 0.5) is 0 Å². The van der Waals surface area contributed by atoms with Gasteiger partial charge in [-0.25, -0.2) is 0 Å². The summed E-state index contributed by atoms with van der Waals surface area (Å²) in [7, 11) is 5.72. The second-order valence-electron chi connectivity index (χ2n) is 4.33. The molecule has 4 nitrogen and oxygen atoms in total. The standard InChI is InChI=1S/C13H22N2O2/c1-15(2)8-4-7-14-10-11-5-6-12(17-3)9-13(11)16/h5-6,9,14,16H,4,7-8,10H2,1-3H3. The summed E-state index contributed by atoms with van der Waals surface area (Å²) in [5, 5.41) is 13.0. The minimum absolute atomic E-state index is 0.282. The van der Waals surface area contributed by atoms with Gasteiger partial charge in [0.2, 0.25) is 0 Å². The summed E-state index contributed by atoms with van der Waals surface area (Å²) in [6, 6.07) is 5.38. The molecular weight excluding hydrogens is 216 g/mol. The number of ether oxygens (including phenoxy) is 1. The molecule has 0 amide bonds. The van der Waals surface area contributed by atoms with Crippen molar-refractivity contribution in [3.8, 4) is 11.5 Å². The molecule has 17 heavy (non-hydrogen) atoms. The molecule has 0 aromatic heterocycles. The Morgan fingerprint density at radius 3 is 2.71 bits per heavy atom. The van der Waals surface area contributed by atoms with Gasteiger partial charge in [0.15, 0.2) is 0 Å². The quantitative estimate of drug-likeness (QED) is 0.706. The second kappa shape index (κ2) is 7.14. The monoisotopic (exact) mass is 238 g/mol. The highest BCUT2D eigenvalue weighted by atomic mass is 16.5. The molecular formula is C13H22N2O2. The van der Waals surface area contributed by atoms with Crippen LogP contribution in [-0.2, 0) is 6.54 Å². The molecule has 0 spiro atoms. The van der Waals surface area contributed by atoms with Crippen molar-refractivity contribution in [1.29, 1.82) is 0 Å². The van der Waals surface area contributed by atoms with Crippen molar-refractivity contribution in [2.24, 2.45) is 0 Å².